The number of nitrogens with one attached hydrogen (secondary N) is 1. The third kappa shape index (κ3) is 1.42. The van der Waals surface area contributed by atoms with Gasteiger partial charge in [0.15, 0.2) is 0 Å². The van der Waals surface area contributed by atoms with Crippen LogP contribution in [-0.2, 0) is 4.74 Å². The van der Waals surface area contributed by atoms with Crippen molar-refractivity contribution < 1.29 is 4.74 Å². The van der Waals surface area contributed by atoms with Crippen LogP contribution in [0.25, 0.3) is 0 Å². The molecule has 3 heteroatoms. The summed E-state index contributed by atoms with van der Waals surface area (Å²) in [6.07, 6.45) is 2.67. The van der Waals surface area contributed by atoms with Crippen molar-refractivity contribution in [2.24, 2.45) is 0 Å². The Morgan fingerprint density at radius 2 is 2.55 bits per heavy atom. The van der Waals surface area contributed by atoms with Crippen molar-refractivity contribution in [1.82, 2.24) is 5.32 Å². The van der Waals surface area contributed by atoms with Crippen LogP contribution in [0.15, 0.2) is 0 Å². The van der Waals surface area contributed by atoms with Crippen molar-refractivity contribution in [2.75, 3.05) is 18.9 Å². The highest BCUT2D eigenvalue weighted by molar-refractivity contribution is 8.00. The first-order valence-electron chi connectivity index (χ1n) is 4.32. The van der Waals surface area contributed by atoms with Crippen molar-refractivity contribution in [2.45, 2.75) is 30.7 Å². The van der Waals surface area contributed by atoms with Crippen LogP contribution < -0.4 is 5.32 Å². The number of rotatable bonds is 1. The standard InChI is InChI=1S/C8H15NOS/c1-8(9-4-5-10-8)7-3-2-6-11-7/h7,9H,2-6H2,1H3. The van der Waals surface area contributed by atoms with Crippen molar-refractivity contribution >= 4 is 11.8 Å². The zero-order valence-corrected chi connectivity index (χ0v) is 7.75. The molecule has 2 heterocycles. The molecule has 2 saturated heterocycles. The Morgan fingerprint density at radius 3 is 3.09 bits per heavy atom. The Hall–Kier alpha value is 0.270. The highest BCUT2D eigenvalue weighted by Crippen LogP contribution is 2.36. The monoisotopic (exact) mass is 173 g/mol. The van der Waals surface area contributed by atoms with Crippen molar-refractivity contribution in [1.29, 1.82) is 0 Å². The first kappa shape index (κ1) is 7.90. The van der Waals surface area contributed by atoms with Crippen molar-refractivity contribution in [3.8, 4) is 0 Å². The summed E-state index contributed by atoms with van der Waals surface area (Å²) in [4.78, 5) is 0. The summed E-state index contributed by atoms with van der Waals surface area (Å²) in [7, 11) is 0. The summed E-state index contributed by atoms with van der Waals surface area (Å²) in [6, 6.07) is 0. The average Bonchev–Trinajstić information content (AvgIpc) is 2.55. The predicted octanol–water partition coefficient (Wildman–Crippen LogP) is 1.22. The van der Waals surface area contributed by atoms with E-state index in [2.05, 4.69) is 24.0 Å². The van der Waals surface area contributed by atoms with Gasteiger partial charge in [-0.05, 0) is 25.5 Å². The fourth-order valence-corrected chi connectivity index (χ4v) is 3.25. The third-order valence-corrected chi connectivity index (χ3v) is 4.14. The van der Waals surface area contributed by atoms with Gasteiger partial charge in [-0.25, -0.2) is 0 Å². The number of hydrogen-bond acceptors (Lipinski definition) is 3. The molecule has 0 spiro atoms. The Morgan fingerprint density at radius 1 is 1.64 bits per heavy atom. The molecule has 2 rings (SSSR count). The average molecular weight is 173 g/mol. The molecule has 0 saturated carbocycles. The van der Waals surface area contributed by atoms with Crippen LogP contribution in [0.2, 0.25) is 0 Å². The van der Waals surface area contributed by atoms with Gasteiger partial charge in [0.05, 0.1) is 6.61 Å². The highest BCUT2D eigenvalue weighted by atomic mass is 32.2. The van der Waals surface area contributed by atoms with Crippen LogP contribution in [0.5, 0.6) is 0 Å². The largest absolute Gasteiger partial charge is 0.358 e. The molecular weight excluding hydrogens is 158 g/mol. The van der Waals surface area contributed by atoms with E-state index in [1.165, 1.54) is 18.6 Å². The second kappa shape index (κ2) is 2.96. The lowest BCUT2D eigenvalue weighted by Crippen LogP contribution is -2.46. The first-order chi connectivity index (χ1) is 5.31. The topological polar surface area (TPSA) is 21.3 Å². The molecule has 64 valence electrons. The fourth-order valence-electron chi connectivity index (χ4n) is 1.83. The van der Waals surface area contributed by atoms with E-state index in [1.807, 2.05) is 0 Å². The van der Waals surface area contributed by atoms with Gasteiger partial charge in [0.2, 0.25) is 0 Å². The van der Waals surface area contributed by atoms with E-state index in [0.717, 1.165) is 13.2 Å². The van der Waals surface area contributed by atoms with Crippen LogP contribution in [-0.4, -0.2) is 29.9 Å². The smallest absolute Gasteiger partial charge is 0.128 e. The lowest BCUT2D eigenvalue weighted by molar-refractivity contribution is 0.00461. The van der Waals surface area contributed by atoms with Crippen molar-refractivity contribution in [3.05, 3.63) is 0 Å². The number of ether oxygens (including phenoxy) is 1. The van der Waals surface area contributed by atoms with Gasteiger partial charge in [0.1, 0.15) is 5.72 Å². The quantitative estimate of drug-likeness (QED) is 0.644. The highest BCUT2D eigenvalue weighted by Gasteiger charge is 2.39. The Labute approximate surface area is 72.1 Å². The fraction of sp³-hybridized carbons (Fsp3) is 1.00. The summed E-state index contributed by atoms with van der Waals surface area (Å²) < 4.78 is 5.69. The molecule has 0 aromatic heterocycles. The third-order valence-electron chi connectivity index (χ3n) is 2.52. The first-order valence-corrected chi connectivity index (χ1v) is 5.37. The summed E-state index contributed by atoms with van der Waals surface area (Å²) in [6.45, 7) is 4.09. The normalized spacial score (nSPS) is 45.0. The van der Waals surface area contributed by atoms with Gasteiger partial charge >= 0.3 is 0 Å². The van der Waals surface area contributed by atoms with Gasteiger partial charge in [-0.3, -0.25) is 5.32 Å². The molecule has 0 aromatic carbocycles. The van der Waals surface area contributed by atoms with Gasteiger partial charge in [-0.2, -0.15) is 11.8 Å². The SMILES string of the molecule is CC1(C2CCCS2)NCCO1. The summed E-state index contributed by atoms with van der Waals surface area (Å²) in [5.41, 5.74) is -0.0127. The number of hydrogen-bond donors (Lipinski definition) is 1. The molecule has 0 aliphatic carbocycles. The summed E-state index contributed by atoms with van der Waals surface area (Å²) in [5, 5.41) is 4.12. The molecule has 0 aromatic rings. The second-order valence-electron chi connectivity index (χ2n) is 3.38. The molecular formula is C8H15NOS. The Kier molecular flexibility index (Phi) is 2.12. The zero-order valence-electron chi connectivity index (χ0n) is 6.93. The van der Waals surface area contributed by atoms with Gasteiger partial charge in [0, 0.05) is 11.8 Å². The molecule has 2 fully saturated rings. The van der Waals surface area contributed by atoms with E-state index in [9.17, 15) is 0 Å². The van der Waals surface area contributed by atoms with E-state index in [1.54, 1.807) is 0 Å². The molecule has 11 heavy (non-hydrogen) atoms. The van der Waals surface area contributed by atoms with Crippen molar-refractivity contribution in [3.63, 3.8) is 0 Å². The Bertz CT molecular complexity index is 139. The molecule has 1 N–H and O–H groups in total. The van der Waals surface area contributed by atoms with Gasteiger partial charge in [-0.1, -0.05) is 0 Å². The maximum atomic E-state index is 5.69. The van der Waals surface area contributed by atoms with Crippen LogP contribution in [0.4, 0.5) is 0 Å². The molecule has 2 aliphatic heterocycles. The van der Waals surface area contributed by atoms with Crippen LogP contribution in [0.3, 0.4) is 0 Å². The minimum Gasteiger partial charge on any atom is -0.358 e. The molecule has 2 nitrogen and oxygen atoms in total. The van der Waals surface area contributed by atoms with Gasteiger partial charge in [-0.15, -0.1) is 0 Å². The second-order valence-corrected chi connectivity index (χ2v) is 4.69. The maximum absolute atomic E-state index is 5.69. The molecule has 2 aliphatic rings. The zero-order chi connectivity index (χ0) is 7.73. The lowest BCUT2D eigenvalue weighted by atomic mass is 10.1. The Balaban J connectivity index is 2.00. The van der Waals surface area contributed by atoms with E-state index < -0.39 is 0 Å². The van der Waals surface area contributed by atoms with Gasteiger partial charge in [0.25, 0.3) is 0 Å². The van der Waals surface area contributed by atoms with E-state index in [4.69, 9.17) is 4.74 Å². The van der Waals surface area contributed by atoms with Crippen LogP contribution >= 0.6 is 11.8 Å². The molecule has 2 unspecified atom stereocenters. The molecule has 0 bridgehead atoms. The number of thioether (sulfide) groups is 1. The maximum Gasteiger partial charge on any atom is 0.128 e. The lowest BCUT2D eigenvalue weighted by Gasteiger charge is -2.29. The van der Waals surface area contributed by atoms with E-state index in [-0.39, 0.29) is 5.72 Å². The van der Waals surface area contributed by atoms with Gasteiger partial charge < -0.3 is 4.74 Å². The minimum atomic E-state index is -0.0127. The predicted molar refractivity (Wildman–Crippen MR) is 47.8 cm³/mol. The van der Waals surface area contributed by atoms with Crippen LogP contribution in [0.1, 0.15) is 19.8 Å². The summed E-state index contributed by atoms with van der Waals surface area (Å²) >= 11 is 2.05. The molecule has 0 radical (unpaired) electrons. The van der Waals surface area contributed by atoms with Crippen LogP contribution in [0, 0.1) is 0 Å². The molecule has 0 amide bonds. The van der Waals surface area contributed by atoms with E-state index >= 15 is 0 Å². The summed E-state index contributed by atoms with van der Waals surface area (Å²) in [5.74, 6) is 1.31. The minimum absolute atomic E-state index is 0.0127. The molecule has 2 atom stereocenters. The van der Waals surface area contributed by atoms with E-state index in [0.29, 0.717) is 5.25 Å².